The first-order valence-corrected chi connectivity index (χ1v) is 4.83. The van der Waals surface area contributed by atoms with Crippen LogP contribution in [0.3, 0.4) is 0 Å². The van der Waals surface area contributed by atoms with Gasteiger partial charge >= 0.3 is 12.1 Å². The highest BCUT2D eigenvalue weighted by molar-refractivity contribution is 5.82. The largest absolute Gasteiger partial charge is 0.471 e. The Kier molecular flexibility index (Phi) is 4.24. The van der Waals surface area contributed by atoms with E-state index >= 15 is 0 Å². The lowest BCUT2D eigenvalue weighted by atomic mass is 10.2. The first-order valence-electron chi connectivity index (χ1n) is 4.83. The van der Waals surface area contributed by atoms with E-state index in [9.17, 15) is 18.0 Å². The first-order chi connectivity index (χ1) is 8.40. The van der Waals surface area contributed by atoms with Gasteiger partial charge in [-0.15, -0.1) is 0 Å². The monoisotopic (exact) mass is 263 g/mol. The highest BCUT2D eigenvalue weighted by Gasteiger charge is 2.47. The number of alkyl halides is 3. The molecule has 0 aromatic heterocycles. The second-order valence-corrected chi connectivity index (χ2v) is 3.62. The van der Waals surface area contributed by atoms with Gasteiger partial charge in [-0.3, -0.25) is 4.79 Å². The molecule has 0 aliphatic carbocycles. The average molecular weight is 263 g/mol. The van der Waals surface area contributed by atoms with Crippen molar-refractivity contribution in [1.82, 2.24) is 4.90 Å². The molecule has 8 nitrogen and oxygen atoms in total. The molecule has 0 spiro atoms. The minimum absolute atomic E-state index is 0.0465. The highest BCUT2D eigenvalue weighted by Crippen LogP contribution is 2.27. The van der Waals surface area contributed by atoms with Crippen LogP contribution in [-0.2, 0) is 4.79 Å². The fourth-order valence-corrected chi connectivity index (χ4v) is 1.76. The summed E-state index contributed by atoms with van der Waals surface area (Å²) in [7, 11) is 0. The molecule has 0 unspecified atom stereocenters. The van der Waals surface area contributed by atoms with Gasteiger partial charge in [-0.2, -0.15) is 13.2 Å². The predicted octanol–water partition coefficient (Wildman–Crippen LogP) is 2.14. The fraction of sp³-hybridized carbons (Fsp3) is 0.857. The fourth-order valence-electron chi connectivity index (χ4n) is 1.76. The van der Waals surface area contributed by atoms with Gasteiger partial charge in [0.05, 0.1) is 6.04 Å². The normalized spacial score (nSPS) is 23.2. The van der Waals surface area contributed by atoms with Crippen LogP contribution in [0, 0.1) is 0 Å². The molecule has 1 aliphatic rings. The number of carbonyl (C=O) groups is 1. The molecule has 1 saturated heterocycles. The van der Waals surface area contributed by atoms with Crippen molar-refractivity contribution < 1.29 is 18.0 Å². The zero-order valence-corrected chi connectivity index (χ0v) is 8.95. The summed E-state index contributed by atoms with van der Waals surface area (Å²) in [5, 5.41) is 6.43. The Morgan fingerprint density at radius 1 is 1.39 bits per heavy atom. The van der Waals surface area contributed by atoms with Crippen LogP contribution >= 0.6 is 0 Å². The van der Waals surface area contributed by atoms with Gasteiger partial charge in [0, 0.05) is 29.0 Å². The van der Waals surface area contributed by atoms with Crippen molar-refractivity contribution in [2.24, 2.45) is 10.2 Å². The lowest BCUT2D eigenvalue weighted by Crippen LogP contribution is -2.45. The number of likely N-dealkylation sites (tertiary alicyclic amines) is 1. The highest BCUT2D eigenvalue weighted by atomic mass is 19.4. The minimum atomic E-state index is -5.00. The SMILES string of the molecule is [N-]=[N+]=NC[C@@H]1C[C@H](N=[N+]=[N-])CN1C(=O)C(F)(F)F. The van der Waals surface area contributed by atoms with Crippen molar-refractivity contribution in [3.63, 3.8) is 0 Å². The number of hydrogen-bond donors (Lipinski definition) is 0. The molecule has 0 saturated carbocycles. The number of hydrogen-bond acceptors (Lipinski definition) is 3. The van der Waals surface area contributed by atoms with Gasteiger partial charge in [-0.1, -0.05) is 10.2 Å². The van der Waals surface area contributed by atoms with E-state index in [1.165, 1.54) is 0 Å². The van der Waals surface area contributed by atoms with Crippen molar-refractivity contribution in [2.75, 3.05) is 13.1 Å². The maximum atomic E-state index is 12.3. The van der Waals surface area contributed by atoms with Crippen molar-refractivity contribution in [2.45, 2.75) is 24.7 Å². The maximum absolute atomic E-state index is 12.3. The molecule has 0 aromatic rings. The van der Waals surface area contributed by atoms with Crippen LogP contribution in [-0.4, -0.2) is 42.2 Å². The zero-order valence-electron chi connectivity index (χ0n) is 8.95. The van der Waals surface area contributed by atoms with Gasteiger partial charge < -0.3 is 4.90 Å². The summed E-state index contributed by atoms with van der Waals surface area (Å²) in [5.74, 6) is -2.02. The Labute approximate surface area is 98.6 Å². The molecule has 1 fully saturated rings. The maximum Gasteiger partial charge on any atom is 0.471 e. The Morgan fingerprint density at radius 3 is 2.56 bits per heavy atom. The minimum Gasteiger partial charge on any atom is -0.331 e. The van der Waals surface area contributed by atoms with E-state index < -0.39 is 24.2 Å². The van der Waals surface area contributed by atoms with Gasteiger partial charge in [0.2, 0.25) is 0 Å². The second-order valence-electron chi connectivity index (χ2n) is 3.62. The number of halogens is 3. The summed E-state index contributed by atoms with van der Waals surface area (Å²) in [5.41, 5.74) is 16.4. The first kappa shape index (κ1) is 13.9. The molecule has 18 heavy (non-hydrogen) atoms. The molecule has 98 valence electrons. The third-order valence-corrected chi connectivity index (χ3v) is 2.47. The molecule has 1 heterocycles. The van der Waals surface area contributed by atoms with Gasteiger partial charge in [-0.05, 0) is 17.5 Å². The van der Waals surface area contributed by atoms with Crippen molar-refractivity contribution in [1.29, 1.82) is 0 Å². The summed E-state index contributed by atoms with van der Waals surface area (Å²) in [6, 6.07) is -1.63. The topological polar surface area (TPSA) is 118 Å². The molecular weight excluding hydrogens is 255 g/mol. The molecule has 0 aromatic carbocycles. The van der Waals surface area contributed by atoms with Crippen LogP contribution in [0.2, 0.25) is 0 Å². The molecule has 0 bridgehead atoms. The quantitative estimate of drug-likeness (QED) is 0.432. The van der Waals surface area contributed by atoms with E-state index in [-0.39, 0.29) is 19.5 Å². The summed E-state index contributed by atoms with van der Waals surface area (Å²) in [6.07, 6.45) is -4.95. The third kappa shape index (κ3) is 3.19. The van der Waals surface area contributed by atoms with E-state index in [0.717, 1.165) is 0 Å². The van der Waals surface area contributed by atoms with E-state index in [1.54, 1.807) is 0 Å². The Bertz CT molecular complexity index is 423. The summed E-state index contributed by atoms with van der Waals surface area (Å²) in [4.78, 5) is 16.6. The predicted molar refractivity (Wildman–Crippen MR) is 53.1 cm³/mol. The lowest BCUT2D eigenvalue weighted by molar-refractivity contribution is -0.186. The summed E-state index contributed by atoms with van der Waals surface area (Å²) < 4.78 is 36.9. The van der Waals surface area contributed by atoms with Gasteiger partial charge in [-0.25, -0.2) is 0 Å². The van der Waals surface area contributed by atoms with E-state index in [2.05, 4.69) is 20.1 Å². The Hall–Kier alpha value is -2.12. The molecular formula is C7H8F3N7O. The molecule has 1 aliphatic heterocycles. The van der Waals surface area contributed by atoms with Gasteiger partial charge in [0.15, 0.2) is 0 Å². The van der Waals surface area contributed by atoms with Crippen LogP contribution in [0.5, 0.6) is 0 Å². The summed E-state index contributed by atoms with van der Waals surface area (Å²) >= 11 is 0. The lowest BCUT2D eigenvalue weighted by Gasteiger charge is -2.24. The van der Waals surface area contributed by atoms with Gasteiger partial charge in [0.1, 0.15) is 0 Å². The number of amides is 1. The molecule has 0 radical (unpaired) electrons. The van der Waals surface area contributed by atoms with E-state index in [4.69, 9.17) is 11.1 Å². The van der Waals surface area contributed by atoms with Crippen molar-refractivity contribution in [3.05, 3.63) is 20.9 Å². The van der Waals surface area contributed by atoms with Crippen LogP contribution in [0.1, 0.15) is 6.42 Å². The average Bonchev–Trinajstić information content (AvgIpc) is 2.67. The molecule has 1 amide bonds. The van der Waals surface area contributed by atoms with E-state index in [0.29, 0.717) is 4.90 Å². The van der Waals surface area contributed by atoms with Crippen LogP contribution in [0.25, 0.3) is 20.9 Å². The number of carbonyl (C=O) groups excluding carboxylic acids is 1. The Balaban J connectivity index is 2.87. The second kappa shape index (κ2) is 5.48. The van der Waals surface area contributed by atoms with Crippen molar-refractivity contribution in [3.8, 4) is 0 Å². The van der Waals surface area contributed by atoms with E-state index in [1.807, 2.05) is 0 Å². The van der Waals surface area contributed by atoms with Crippen molar-refractivity contribution >= 4 is 5.91 Å². The summed E-state index contributed by atoms with van der Waals surface area (Å²) in [6.45, 7) is -0.607. The van der Waals surface area contributed by atoms with Gasteiger partial charge in [0.25, 0.3) is 0 Å². The zero-order chi connectivity index (χ0) is 13.8. The van der Waals surface area contributed by atoms with Crippen LogP contribution in [0.4, 0.5) is 13.2 Å². The standard InChI is InChI=1S/C7H8F3N7O/c8-7(9,10)6(18)17-3-4(14-16-12)1-5(17)2-13-15-11/h4-5H,1-3H2/t4-,5-/m0/s1. The Morgan fingerprint density at radius 2 is 2.06 bits per heavy atom. The molecule has 11 heteroatoms. The number of rotatable bonds is 3. The van der Waals surface area contributed by atoms with Crippen LogP contribution in [0.15, 0.2) is 10.2 Å². The molecule has 0 N–H and O–H groups in total. The molecule has 2 atom stereocenters. The molecule has 1 rings (SSSR count). The number of azide groups is 2. The third-order valence-electron chi connectivity index (χ3n) is 2.47. The smallest absolute Gasteiger partial charge is 0.331 e. The van der Waals surface area contributed by atoms with Crippen LogP contribution < -0.4 is 0 Å². The number of nitrogens with zero attached hydrogens (tertiary/aromatic N) is 7.